The molecular formula is C12H7ClN2S. The van der Waals surface area contributed by atoms with Crippen LogP contribution in [0.1, 0.15) is 5.56 Å². The van der Waals surface area contributed by atoms with Crippen molar-refractivity contribution in [3.63, 3.8) is 0 Å². The molecule has 0 unspecified atom stereocenters. The number of benzene rings is 1. The van der Waals surface area contributed by atoms with E-state index in [0.717, 1.165) is 11.3 Å². The fourth-order valence-corrected chi connectivity index (χ4v) is 1.80. The lowest BCUT2D eigenvalue weighted by Gasteiger charge is -2.02. The van der Waals surface area contributed by atoms with E-state index in [2.05, 4.69) is 4.98 Å². The molecule has 0 aliphatic heterocycles. The maximum Gasteiger partial charge on any atom is 0.121 e. The summed E-state index contributed by atoms with van der Waals surface area (Å²) in [6.07, 6.45) is 0. The van der Waals surface area contributed by atoms with Gasteiger partial charge < -0.3 is 4.98 Å². The average Bonchev–Trinajstić information content (AvgIpc) is 2.29. The van der Waals surface area contributed by atoms with Gasteiger partial charge >= 0.3 is 0 Å². The highest BCUT2D eigenvalue weighted by atomic mass is 35.5. The van der Waals surface area contributed by atoms with Gasteiger partial charge in [-0.15, -0.1) is 0 Å². The number of halogens is 1. The van der Waals surface area contributed by atoms with Crippen molar-refractivity contribution in [1.29, 1.82) is 5.26 Å². The van der Waals surface area contributed by atoms with Crippen molar-refractivity contribution >= 4 is 23.8 Å². The lowest BCUT2D eigenvalue weighted by atomic mass is 10.1. The molecule has 0 aliphatic rings. The third kappa shape index (κ3) is 2.13. The van der Waals surface area contributed by atoms with E-state index in [1.165, 1.54) is 0 Å². The van der Waals surface area contributed by atoms with E-state index >= 15 is 0 Å². The molecule has 1 aromatic heterocycles. The molecule has 2 rings (SSSR count). The van der Waals surface area contributed by atoms with E-state index in [-0.39, 0.29) is 0 Å². The molecule has 0 spiro atoms. The highest BCUT2D eigenvalue weighted by Crippen LogP contribution is 2.21. The molecule has 2 aromatic rings. The topological polar surface area (TPSA) is 39.6 Å². The zero-order valence-corrected chi connectivity index (χ0v) is 9.77. The smallest absolute Gasteiger partial charge is 0.121 e. The number of H-pyrrole nitrogens is 1. The highest BCUT2D eigenvalue weighted by Gasteiger charge is 2.00. The molecule has 0 amide bonds. The second kappa shape index (κ2) is 4.48. The zero-order chi connectivity index (χ0) is 11.5. The maximum atomic E-state index is 8.77. The molecule has 0 saturated carbocycles. The quantitative estimate of drug-likeness (QED) is 0.775. The van der Waals surface area contributed by atoms with Gasteiger partial charge in [0.1, 0.15) is 10.7 Å². The lowest BCUT2D eigenvalue weighted by molar-refractivity contribution is 1.27. The summed E-state index contributed by atoms with van der Waals surface area (Å²) in [5.74, 6) is 0. The van der Waals surface area contributed by atoms with Gasteiger partial charge in [0.25, 0.3) is 0 Å². The molecule has 1 aromatic carbocycles. The third-order valence-electron chi connectivity index (χ3n) is 2.17. The Labute approximate surface area is 103 Å². The second-order valence-corrected chi connectivity index (χ2v) is 4.08. The van der Waals surface area contributed by atoms with Gasteiger partial charge in [-0.1, -0.05) is 36.0 Å². The number of nitrogens with zero attached hydrogens (tertiary/aromatic N) is 1. The number of rotatable bonds is 1. The molecule has 78 valence electrons. The molecule has 1 N–H and O–H groups in total. The van der Waals surface area contributed by atoms with Gasteiger partial charge in [0.15, 0.2) is 0 Å². The summed E-state index contributed by atoms with van der Waals surface area (Å²) in [6.45, 7) is 0. The largest absolute Gasteiger partial charge is 0.345 e. The van der Waals surface area contributed by atoms with E-state index in [0.29, 0.717) is 15.2 Å². The fraction of sp³-hybridized carbons (Fsp3) is 0. The highest BCUT2D eigenvalue weighted by molar-refractivity contribution is 7.71. The molecule has 0 fully saturated rings. The van der Waals surface area contributed by atoms with Crippen LogP contribution in [0.25, 0.3) is 11.3 Å². The van der Waals surface area contributed by atoms with Crippen molar-refractivity contribution in [2.24, 2.45) is 0 Å². The van der Waals surface area contributed by atoms with Crippen LogP contribution in [0.2, 0.25) is 5.02 Å². The number of nitriles is 1. The van der Waals surface area contributed by atoms with Crippen LogP contribution in [0.4, 0.5) is 0 Å². The normalized spacial score (nSPS) is 9.75. The summed E-state index contributed by atoms with van der Waals surface area (Å²) in [5.41, 5.74) is 2.27. The van der Waals surface area contributed by atoms with Crippen molar-refractivity contribution in [3.05, 3.63) is 51.6 Å². The van der Waals surface area contributed by atoms with Crippen molar-refractivity contribution in [2.75, 3.05) is 0 Å². The van der Waals surface area contributed by atoms with Gasteiger partial charge in [-0.2, -0.15) is 5.26 Å². The van der Waals surface area contributed by atoms with Crippen LogP contribution in [-0.2, 0) is 0 Å². The molecule has 4 heteroatoms. The monoisotopic (exact) mass is 246 g/mol. The molecule has 0 atom stereocenters. The van der Waals surface area contributed by atoms with Crippen molar-refractivity contribution in [1.82, 2.24) is 4.98 Å². The summed E-state index contributed by atoms with van der Waals surface area (Å²) in [5, 5.41) is 9.43. The van der Waals surface area contributed by atoms with E-state index < -0.39 is 0 Å². The van der Waals surface area contributed by atoms with Crippen LogP contribution >= 0.6 is 23.8 Å². The standard InChI is InChI=1S/C12H7ClN2S/c13-10-3-1-2-8(6-10)11-5-4-9(7-14)12(16)15-11/h1-6H,(H,15,16). The minimum Gasteiger partial charge on any atom is -0.345 e. The number of hydrogen-bond acceptors (Lipinski definition) is 2. The Hall–Kier alpha value is -1.63. The van der Waals surface area contributed by atoms with Crippen LogP contribution in [0.3, 0.4) is 0 Å². The Balaban J connectivity index is 2.55. The summed E-state index contributed by atoms with van der Waals surface area (Å²) >= 11 is 11.0. The molecular weight excluding hydrogens is 240 g/mol. The Morgan fingerprint density at radius 3 is 2.69 bits per heavy atom. The number of nitrogens with one attached hydrogen (secondary N) is 1. The van der Waals surface area contributed by atoms with E-state index in [1.807, 2.05) is 36.4 Å². The van der Waals surface area contributed by atoms with Gasteiger partial charge in [-0.3, -0.25) is 0 Å². The molecule has 0 saturated heterocycles. The average molecular weight is 247 g/mol. The Morgan fingerprint density at radius 1 is 1.25 bits per heavy atom. The van der Waals surface area contributed by atoms with Gasteiger partial charge in [0.05, 0.1) is 5.56 Å². The predicted molar refractivity (Wildman–Crippen MR) is 66.8 cm³/mol. The number of aromatic amines is 1. The van der Waals surface area contributed by atoms with Gasteiger partial charge in [-0.05, 0) is 29.8 Å². The lowest BCUT2D eigenvalue weighted by Crippen LogP contribution is -1.86. The maximum absolute atomic E-state index is 8.77. The zero-order valence-electron chi connectivity index (χ0n) is 8.20. The van der Waals surface area contributed by atoms with Crippen molar-refractivity contribution in [2.45, 2.75) is 0 Å². The number of hydrogen-bond donors (Lipinski definition) is 1. The minimum atomic E-state index is 0.444. The van der Waals surface area contributed by atoms with Crippen LogP contribution in [0.15, 0.2) is 36.4 Å². The fourth-order valence-electron chi connectivity index (χ4n) is 1.39. The Bertz CT molecular complexity index is 625. The van der Waals surface area contributed by atoms with E-state index in [4.69, 9.17) is 29.1 Å². The van der Waals surface area contributed by atoms with Crippen molar-refractivity contribution < 1.29 is 0 Å². The molecule has 2 nitrogen and oxygen atoms in total. The summed E-state index contributed by atoms with van der Waals surface area (Å²) in [6, 6.07) is 13.0. The minimum absolute atomic E-state index is 0.444. The molecule has 0 aliphatic carbocycles. The number of pyridine rings is 1. The second-order valence-electron chi connectivity index (χ2n) is 3.24. The Kier molecular flexibility index (Phi) is 3.04. The third-order valence-corrected chi connectivity index (χ3v) is 2.72. The molecule has 0 radical (unpaired) electrons. The molecule has 1 heterocycles. The first kappa shape index (κ1) is 10.9. The first-order valence-electron chi connectivity index (χ1n) is 4.60. The SMILES string of the molecule is N#Cc1ccc(-c2cccc(Cl)c2)[nH]c1=S. The number of aromatic nitrogens is 1. The van der Waals surface area contributed by atoms with E-state index in [9.17, 15) is 0 Å². The van der Waals surface area contributed by atoms with Crippen LogP contribution in [0.5, 0.6) is 0 Å². The Morgan fingerprint density at radius 2 is 2.06 bits per heavy atom. The summed E-state index contributed by atoms with van der Waals surface area (Å²) < 4.78 is 0.444. The van der Waals surface area contributed by atoms with Gasteiger partial charge in [0, 0.05) is 10.7 Å². The molecule has 16 heavy (non-hydrogen) atoms. The van der Waals surface area contributed by atoms with Crippen LogP contribution in [0, 0.1) is 16.0 Å². The van der Waals surface area contributed by atoms with Gasteiger partial charge in [-0.25, -0.2) is 0 Å². The van der Waals surface area contributed by atoms with Crippen LogP contribution < -0.4 is 0 Å². The van der Waals surface area contributed by atoms with Crippen LogP contribution in [-0.4, -0.2) is 4.98 Å². The van der Waals surface area contributed by atoms with Gasteiger partial charge in [0.2, 0.25) is 0 Å². The first-order chi connectivity index (χ1) is 7.70. The predicted octanol–water partition coefficient (Wildman–Crippen LogP) is 3.94. The molecule has 0 bridgehead atoms. The summed E-state index contributed by atoms with van der Waals surface area (Å²) in [7, 11) is 0. The summed E-state index contributed by atoms with van der Waals surface area (Å²) in [4.78, 5) is 3.00. The first-order valence-corrected chi connectivity index (χ1v) is 5.38. The van der Waals surface area contributed by atoms with E-state index in [1.54, 1.807) is 6.07 Å². The van der Waals surface area contributed by atoms with Crippen molar-refractivity contribution in [3.8, 4) is 17.3 Å².